The Balaban J connectivity index is 0.000000196. The van der Waals surface area contributed by atoms with Crippen molar-refractivity contribution in [2.24, 2.45) is 5.73 Å². The minimum atomic E-state index is -1.42. The Morgan fingerprint density at radius 3 is 2.32 bits per heavy atom. The summed E-state index contributed by atoms with van der Waals surface area (Å²) in [5, 5.41) is 36.3. The molecule has 0 amide bonds. The van der Waals surface area contributed by atoms with Crippen LogP contribution < -0.4 is 5.73 Å². The van der Waals surface area contributed by atoms with Crippen molar-refractivity contribution in [3.63, 3.8) is 0 Å². The molecule has 0 saturated heterocycles. The molecule has 1 aliphatic carbocycles. The SMILES string of the molecule is N[C@H]1CC[C@@H](c2ccc(Cl)c(Cl)c2)c2ccccc21.O=C1O[C@H]([C@H](O)CO)C(O)=C1O. The van der Waals surface area contributed by atoms with Crippen LogP contribution in [0.15, 0.2) is 54.0 Å². The number of hydrogen-bond donors (Lipinski definition) is 5. The van der Waals surface area contributed by atoms with Crippen molar-refractivity contribution in [3.05, 3.63) is 80.7 Å². The van der Waals surface area contributed by atoms with E-state index in [0.717, 1.165) is 12.8 Å². The summed E-state index contributed by atoms with van der Waals surface area (Å²) < 4.78 is 4.32. The van der Waals surface area contributed by atoms with Crippen LogP contribution >= 0.6 is 23.2 Å². The van der Waals surface area contributed by atoms with Crippen LogP contribution in [0.4, 0.5) is 0 Å². The van der Waals surface area contributed by atoms with Crippen molar-refractivity contribution < 1.29 is 30.0 Å². The van der Waals surface area contributed by atoms with Gasteiger partial charge in [-0.05, 0) is 41.7 Å². The summed E-state index contributed by atoms with van der Waals surface area (Å²) in [6.45, 7) is -0.671. The van der Waals surface area contributed by atoms with Crippen molar-refractivity contribution in [1.29, 1.82) is 0 Å². The lowest BCUT2D eigenvalue weighted by atomic mass is 9.77. The van der Waals surface area contributed by atoms with Gasteiger partial charge in [0.2, 0.25) is 5.76 Å². The lowest BCUT2D eigenvalue weighted by molar-refractivity contribution is -0.147. The molecule has 6 N–H and O–H groups in total. The summed E-state index contributed by atoms with van der Waals surface area (Å²) >= 11 is 12.1. The third-order valence-corrected chi connectivity index (χ3v) is 6.10. The van der Waals surface area contributed by atoms with E-state index in [1.54, 1.807) is 0 Å². The van der Waals surface area contributed by atoms with Crippen LogP contribution in [0.5, 0.6) is 0 Å². The van der Waals surface area contributed by atoms with E-state index in [0.29, 0.717) is 16.0 Å². The number of cyclic esters (lactones) is 1. The molecule has 0 spiro atoms. The van der Waals surface area contributed by atoms with Gasteiger partial charge in [0.25, 0.3) is 0 Å². The predicted octanol–water partition coefficient (Wildman–Crippen LogP) is 3.51. The van der Waals surface area contributed by atoms with Crippen LogP contribution in [-0.4, -0.2) is 45.2 Å². The topological polar surface area (TPSA) is 133 Å². The smallest absolute Gasteiger partial charge is 0.377 e. The fraction of sp³-hybridized carbons (Fsp3) is 0.318. The van der Waals surface area contributed by atoms with Gasteiger partial charge in [-0.25, -0.2) is 4.79 Å². The summed E-state index contributed by atoms with van der Waals surface area (Å²) in [5.74, 6) is -2.41. The van der Waals surface area contributed by atoms with E-state index in [1.165, 1.54) is 16.7 Å². The normalized spacial score (nSPS) is 23.5. The highest BCUT2D eigenvalue weighted by Crippen LogP contribution is 2.41. The highest BCUT2D eigenvalue weighted by molar-refractivity contribution is 6.42. The minimum absolute atomic E-state index is 0.148. The maximum Gasteiger partial charge on any atom is 0.377 e. The molecular weight excluding hydrogens is 445 g/mol. The number of hydrogen-bond acceptors (Lipinski definition) is 7. The Labute approximate surface area is 189 Å². The van der Waals surface area contributed by atoms with Gasteiger partial charge in [-0.3, -0.25) is 0 Å². The third-order valence-electron chi connectivity index (χ3n) is 5.36. The van der Waals surface area contributed by atoms with Crippen molar-refractivity contribution in [3.8, 4) is 0 Å². The van der Waals surface area contributed by atoms with Gasteiger partial charge in [-0.2, -0.15) is 0 Å². The first-order valence-electron chi connectivity index (χ1n) is 9.66. The maximum absolute atomic E-state index is 10.5. The highest BCUT2D eigenvalue weighted by Gasteiger charge is 2.38. The summed E-state index contributed by atoms with van der Waals surface area (Å²) in [5.41, 5.74) is 9.98. The van der Waals surface area contributed by atoms with Gasteiger partial charge in [0.1, 0.15) is 6.10 Å². The number of carbonyl (C=O) groups is 1. The Kier molecular flexibility index (Phi) is 7.46. The molecule has 1 heterocycles. The summed E-state index contributed by atoms with van der Waals surface area (Å²) in [6.07, 6.45) is -0.723. The van der Waals surface area contributed by atoms with Crippen LogP contribution in [0, 0.1) is 0 Å². The highest BCUT2D eigenvalue weighted by atomic mass is 35.5. The molecule has 0 bridgehead atoms. The molecule has 4 rings (SSSR count). The van der Waals surface area contributed by atoms with E-state index in [2.05, 4.69) is 35.1 Å². The Morgan fingerprint density at radius 1 is 1.06 bits per heavy atom. The molecule has 2 aromatic rings. The molecule has 0 radical (unpaired) electrons. The lowest BCUT2D eigenvalue weighted by Gasteiger charge is -2.30. The van der Waals surface area contributed by atoms with Crippen LogP contribution in [0.2, 0.25) is 10.0 Å². The number of aliphatic hydroxyl groups is 4. The Bertz CT molecular complexity index is 996. The average Bonchev–Trinajstić information content (AvgIpc) is 3.03. The number of benzene rings is 2. The molecule has 31 heavy (non-hydrogen) atoms. The van der Waals surface area contributed by atoms with Gasteiger partial charge in [-0.1, -0.05) is 53.5 Å². The predicted molar refractivity (Wildman–Crippen MR) is 116 cm³/mol. The van der Waals surface area contributed by atoms with Crippen molar-refractivity contribution >= 4 is 29.2 Å². The van der Waals surface area contributed by atoms with Gasteiger partial charge in [0.05, 0.1) is 16.7 Å². The van der Waals surface area contributed by atoms with Crippen molar-refractivity contribution in [1.82, 2.24) is 0 Å². The summed E-state index contributed by atoms with van der Waals surface area (Å²) in [4.78, 5) is 10.5. The zero-order valence-electron chi connectivity index (χ0n) is 16.4. The van der Waals surface area contributed by atoms with Crippen LogP contribution in [0.25, 0.3) is 0 Å². The van der Waals surface area contributed by atoms with E-state index in [1.807, 2.05) is 12.1 Å². The summed E-state index contributed by atoms with van der Waals surface area (Å²) in [6, 6.07) is 14.5. The van der Waals surface area contributed by atoms with E-state index in [9.17, 15) is 4.79 Å². The Hall–Kier alpha value is -2.29. The van der Waals surface area contributed by atoms with Crippen LogP contribution in [-0.2, 0) is 9.53 Å². The Morgan fingerprint density at radius 2 is 1.74 bits per heavy atom. The monoisotopic (exact) mass is 467 g/mol. The molecule has 2 aliphatic rings. The largest absolute Gasteiger partial charge is 0.505 e. The molecule has 7 nitrogen and oxygen atoms in total. The van der Waals surface area contributed by atoms with Gasteiger partial charge >= 0.3 is 5.97 Å². The van der Waals surface area contributed by atoms with Gasteiger partial charge < -0.3 is 30.9 Å². The van der Waals surface area contributed by atoms with Crippen LogP contribution in [0.1, 0.15) is 41.5 Å². The summed E-state index contributed by atoms with van der Waals surface area (Å²) in [7, 11) is 0. The fourth-order valence-corrected chi connectivity index (χ4v) is 4.03. The second-order valence-corrected chi connectivity index (χ2v) is 8.16. The number of aliphatic hydroxyl groups excluding tert-OH is 4. The maximum atomic E-state index is 10.5. The van der Waals surface area contributed by atoms with E-state index < -0.39 is 36.3 Å². The zero-order valence-corrected chi connectivity index (χ0v) is 17.9. The molecule has 1 aliphatic heterocycles. The number of halogens is 2. The van der Waals surface area contributed by atoms with Crippen molar-refractivity contribution in [2.75, 3.05) is 6.61 Å². The van der Waals surface area contributed by atoms with E-state index in [4.69, 9.17) is 49.4 Å². The zero-order chi connectivity index (χ0) is 22.7. The van der Waals surface area contributed by atoms with E-state index >= 15 is 0 Å². The molecule has 0 saturated carbocycles. The van der Waals surface area contributed by atoms with Gasteiger partial charge in [-0.15, -0.1) is 0 Å². The fourth-order valence-electron chi connectivity index (χ4n) is 3.72. The molecule has 0 aromatic heterocycles. The molecular formula is C22H23Cl2NO6. The number of ether oxygens (including phenoxy) is 1. The van der Waals surface area contributed by atoms with E-state index in [-0.39, 0.29) is 6.04 Å². The lowest BCUT2D eigenvalue weighted by Crippen LogP contribution is -2.31. The first-order valence-corrected chi connectivity index (χ1v) is 10.4. The second-order valence-electron chi connectivity index (χ2n) is 7.35. The number of rotatable bonds is 3. The number of fused-ring (bicyclic) bond motifs is 1. The minimum Gasteiger partial charge on any atom is -0.505 e. The van der Waals surface area contributed by atoms with Gasteiger partial charge in [0.15, 0.2) is 11.9 Å². The quantitative estimate of drug-likeness (QED) is 0.436. The van der Waals surface area contributed by atoms with Crippen LogP contribution in [0.3, 0.4) is 0 Å². The third kappa shape index (κ3) is 4.97. The number of esters is 1. The first kappa shape index (κ1) is 23.4. The molecule has 0 unspecified atom stereocenters. The molecule has 166 valence electrons. The number of carbonyl (C=O) groups excluding carboxylic acids is 1. The standard InChI is InChI=1S/C16H15Cl2N.C6H8O6/c17-14-7-5-10(9-15(14)18)11-6-8-16(19)13-4-2-1-3-12(11)13;7-1-2(8)5-3(9)4(10)6(11)12-5/h1-5,7,9,11,16H,6,8,19H2;2,5,7-10H,1H2/t11-,16-;2-,5-/m01/s1. The molecule has 0 fully saturated rings. The van der Waals surface area contributed by atoms with Gasteiger partial charge in [0, 0.05) is 12.0 Å². The molecule has 9 heteroatoms. The second kappa shape index (κ2) is 9.89. The average molecular weight is 468 g/mol. The first-order chi connectivity index (χ1) is 14.7. The molecule has 4 atom stereocenters. The number of nitrogens with two attached hydrogens (primary N) is 1. The van der Waals surface area contributed by atoms with Crippen molar-refractivity contribution in [2.45, 2.75) is 37.0 Å². The molecule has 2 aromatic carbocycles.